The number of H-pyrrole nitrogens is 1. The molecule has 1 aliphatic rings. The number of benzene rings is 1. The number of hydrogen-bond acceptors (Lipinski definition) is 5. The summed E-state index contributed by atoms with van der Waals surface area (Å²) in [7, 11) is 3.58. The Morgan fingerprint density at radius 2 is 1.97 bits per heavy atom. The molecule has 0 saturated carbocycles. The summed E-state index contributed by atoms with van der Waals surface area (Å²) in [5.41, 5.74) is 7.10. The lowest BCUT2D eigenvalue weighted by Crippen LogP contribution is -2.30. The van der Waals surface area contributed by atoms with Gasteiger partial charge in [0, 0.05) is 41.8 Å². The van der Waals surface area contributed by atoms with Gasteiger partial charge in [-0.2, -0.15) is 0 Å². The van der Waals surface area contributed by atoms with Gasteiger partial charge in [0.1, 0.15) is 17.1 Å². The number of nitrogens with one attached hydrogen (secondary N) is 3. The first-order chi connectivity index (χ1) is 14.4. The molecule has 7 nitrogen and oxygen atoms in total. The zero-order chi connectivity index (χ0) is 21.4. The van der Waals surface area contributed by atoms with E-state index in [1.165, 1.54) is 0 Å². The first-order valence-electron chi connectivity index (χ1n) is 9.70. The first kappa shape index (κ1) is 19.6. The highest BCUT2D eigenvalue weighted by molar-refractivity contribution is 6.04. The average Bonchev–Trinajstić information content (AvgIpc) is 3.15. The van der Waals surface area contributed by atoms with Gasteiger partial charge < -0.3 is 25.3 Å². The first-order valence-corrected chi connectivity index (χ1v) is 9.70. The number of carbonyl (C=O) groups excluding carboxylic acids is 1. The van der Waals surface area contributed by atoms with Crippen LogP contribution < -0.4 is 15.4 Å². The molecule has 0 bridgehead atoms. The third kappa shape index (κ3) is 3.39. The highest BCUT2D eigenvalue weighted by Crippen LogP contribution is 2.32. The van der Waals surface area contributed by atoms with E-state index in [1.54, 1.807) is 19.5 Å². The van der Waals surface area contributed by atoms with E-state index in [0.717, 1.165) is 44.9 Å². The summed E-state index contributed by atoms with van der Waals surface area (Å²) in [6.07, 6.45) is 5.26. The fourth-order valence-electron chi connectivity index (χ4n) is 3.59. The van der Waals surface area contributed by atoms with Crippen LogP contribution in [0.1, 0.15) is 18.1 Å². The number of fused-ring (bicyclic) bond motifs is 1. The van der Waals surface area contributed by atoms with Crippen LogP contribution in [0, 0.1) is 13.8 Å². The Morgan fingerprint density at radius 1 is 1.17 bits per heavy atom. The molecular weight excluding hydrogens is 378 g/mol. The zero-order valence-corrected chi connectivity index (χ0v) is 17.8. The van der Waals surface area contributed by atoms with Crippen LogP contribution in [0.5, 0.6) is 5.75 Å². The van der Waals surface area contributed by atoms with Gasteiger partial charge in [-0.15, -0.1) is 0 Å². The molecule has 1 aliphatic heterocycles. The highest BCUT2D eigenvalue weighted by Gasteiger charge is 2.17. The second kappa shape index (κ2) is 7.59. The van der Waals surface area contributed by atoms with Gasteiger partial charge in [-0.05, 0) is 56.2 Å². The van der Waals surface area contributed by atoms with Crippen molar-refractivity contribution in [2.24, 2.45) is 0 Å². The summed E-state index contributed by atoms with van der Waals surface area (Å²) >= 11 is 0. The quantitative estimate of drug-likeness (QED) is 0.613. The number of hydrogen-bond donors (Lipinski definition) is 3. The van der Waals surface area contributed by atoms with Gasteiger partial charge in [0.2, 0.25) is 0 Å². The minimum absolute atomic E-state index is 0.206. The van der Waals surface area contributed by atoms with E-state index < -0.39 is 0 Å². The minimum Gasteiger partial charge on any atom is -0.496 e. The summed E-state index contributed by atoms with van der Waals surface area (Å²) in [4.78, 5) is 22.4. The van der Waals surface area contributed by atoms with E-state index in [0.29, 0.717) is 11.4 Å². The standard InChI is InChI=1S/C23H25N5O2/c1-13-14(2)20(30-5)7-6-18(13)19-11-16-10-17(12-25-22(16)27-19)26-23(29)21-15(3)28(4)9-8-24-21/h6-12,24H,1-5H3,(H,25,27)(H,26,29). The van der Waals surface area contributed by atoms with Crippen molar-refractivity contribution in [3.8, 4) is 17.0 Å². The van der Waals surface area contributed by atoms with Crippen molar-refractivity contribution in [1.29, 1.82) is 0 Å². The van der Waals surface area contributed by atoms with Gasteiger partial charge >= 0.3 is 0 Å². The smallest absolute Gasteiger partial charge is 0.273 e. The Hall–Kier alpha value is -3.74. The number of nitrogens with zero attached hydrogens (tertiary/aromatic N) is 2. The maximum atomic E-state index is 12.7. The Bertz CT molecular complexity index is 1210. The van der Waals surface area contributed by atoms with Crippen molar-refractivity contribution in [2.45, 2.75) is 20.8 Å². The predicted octanol–water partition coefficient (Wildman–Crippen LogP) is 4.03. The molecule has 30 heavy (non-hydrogen) atoms. The molecule has 3 aromatic rings. The summed E-state index contributed by atoms with van der Waals surface area (Å²) in [5, 5.41) is 6.86. The van der Waals surface area contributed by atoms with Crippen molar-refractivity contribution >= 4 is 22.6 Å². The summed E-state index contributed by atoms with van der Waals surface area (Å²) in [5.74, 6) is 0.666. The SMILES string of the molecule is COc1ccc(-c2cc3cc(NC(=O)C4=C(C)N(C)C=CN4)cnc3[nH]2)c(C)c1C. The number of methoxy groups -OCH3 is 1. The van der Waals surface area contributed by atoms with Crippen molar-refractivity contribution in [3.05, 3.63) is 65.4 Å². The number of allylic oxidation sites excluding steroid dienone is 1. The van der Waals surface area contributed by atoms with Gasteiger partial charge in [0.05, 0.1) is 19.0 Å². The van der Waals surface area contributed by atoms with Gasteiger partial charge in [0.15, 0.2) is 0 Å². The average molecular weight is 403 g/mol. The Kier molecular flexibility index (Phi) is 4.95. The van der Waals surface area contributed by atoms with E-state index in [4.69, 9.17) is 4.74 Å². The maximum Gasteiger partial charge on any atom is 0.273 e. The molecule has 0 atom stereocenters. The monoisotopic (exact) mass is 403 g/mol. The molecule has 0 radical (unpaired) electrons. The van der Waals surface area contributed by atoms with Crippen LogP contribution >= 0.6 is 0 Å². The van der Waals surface area contributed by atoms with Crippen LogP contribution in [0.2, 0.25) is 0 Å². The molecule has 0 aliphatic carbocycles. The predicted molar refractivity (Wildman–Crippen MR) is 119 cm³/mol. The number of amides is 1. The molecule has 1 aromatic carbocycles. The van der Waals surface area contributed by atoms with Gasteiger partial charge in [-0.3, -0.25) is 4.79 Å². The van der Waals surface area contributed by atoms with E-state index >= 15 is 0 Å². The second-order valence-corrected chi connectivity index (χ2v) is 7.40. The lowest BCUT2D eigenvalue weighted by molar-refractivity contribution is -0.113. The van der Waals surface area contributed by atoms with Crippen LogP contribution in [-0.4, -0.2) is 34.9 Å². The number of anilines is 1. The molecule has 0 fully saturated rings. The summed E-state index contributed by atoms with van der Waals surface area (Å²) in [6, 6.07) is 7.99. The van der Waals surface area contributed by atoms with Crippen LogP contribution in [-0.2, 0) is 4.79 Å². The Balaban J connectivity index is 1.63. The molecule has 2 aromatic heterocycles. The van der Waals surface area contributed by atoms with Crippen LogP contribution in [0.4, 0.5) is 5.69 Å². The summed E-state index contributed by atoms with van der Waals surface area (Å²) < 4.78 is 5.41. The largest absolute Gasteiger partial charge is 0.496 e. The third-order valence-electron chi connectivity index (χ3n) is 5.62. The third-order valence-corrected chi connectivity index (χ3v) is 5.62. The van der Waals surface area contributed by atoms with Crippen molar-refractivity contribution in [3.63, 3.8) is 0 Å². The van der Waals surface area contributed by atoms with E-state index in [-0.39, 0.29) is 5.91 Å². The van der Waals surface area contributed by atoms with Crippen molar-refractivity contribution in [2.75, 3.05) is 19.5 Å². The number of pyridine rings is 1. The van der Waals surface area contributed by atoms with Crippen LogP contribution in [0.15, 0.2) is 54.3 Å². The molecule has 7 heteroatoms. The summed E-state index contributed by atoms with van der Waals surface area (Å²) in [6.45, 7) is 6.02. The van der Waals surface area contributed by atoms with Crippen LogP contribution in [0.25, 0.3) is 22.3 Å². The lowest BCUT2D eigenvalue weighted by Gasteiger charge is -2.23. The number of aromatic amines is 1. The topological polar surface area (TPSA) is 82.3 Å². The maximum absolute atomic E-state index is 12.7. The molecular formula is C23H25N5O2. The van der Waals surface area contributed by atoms with Crippen LogP contribution in [0.3, 0.4) is 0 Å². The lowest BCUT2D eigenvalue weighted by atomic mass is 10.00. The van der Waals surface area contributed by atoms with Crippen molar-refractivity contribution < 1.29 is 9.53 Å². The molecule has 0 unspecified atom stereocenters. The number of aromatic nitrogens is 2. The van der Waals surface area contributed by atoms with Crippen molar-refractivity contribution in [1.82, 2.24) is 20.2 Å². The minimum atomic E-state index is -0.206. The molecule has 0 spiro atoms. The van der Waals surface area contributed by atoms with Gasteiger partial charge in [0.25, 0.3) is 5.91 Å². The fraction of sp³-hybridized carbons (Fsp3) is 0.217. The number of ether oxygens (including phenoxy) is 1. The molecule has 1 amide bonds. The Morgan fingerprint density at radius 3 is 2.73 bits per heavy atom. The van der Waals surface area contributed by atoms with Gasteiger partial charge in [-0.25, -0.2) is 4.98 Å². The zero-order valence-electron chi connectivity index (χ0n) is 17.8. The van der Waals surface area contributed by atoms with Gasteiger partial charge in [-0.1, -0.05) is 0 Å². The second-order valence-electron chi connectivity index (χ2n) is 7.40. The fourth-order valence-corrected chi connectivity index (χ4v) is 3.59. The molecule has 4 rings (SSSR count). The normalized spacial score (nSPS) is 13.6. The highest BCUT2D eigenvalue weighted by atomic mass is 16.5. The van der Waals surface area contributed by atoms with E-state index in [1.807, 2.05) is 49.3 Å². The van der Waals surface area contributed by atoms with E-state index in [9.17, 15) is 4.79 Å². The number of carbonyl (C=O) groups is 1. The van der Waals surface area contributed by atoms with E-state index in [2.05, 4.69) is 34.4 Å². The number of rotatable bonds is 4. The Labute approximate surface area is 175 Å². The molecule has 154 valence electrons. The molecule has 3 N–H and O–H groups in total. The molecule has 0 saturated heterocycles. The molecule has 3 heterocycles.